The maximum Gasteiger partial charge on any atom is 0.438 e. The van der Waals surface area contributed by atoms with E-state index < -0.39 is 52.2 Å². The second-order valence-corrected chi connectivity index (χ2v) is 6.34. The number of alkyl halides is 9. The lowest BCUT2D eigenvalue weighted by Crippen LogP contribution is -2.66. The zero-order valence-corrected chi connectivity index (χ0v) is 14.1. The maximum atomic E-state index is 13.1. The van der Waals surface area contributed by atoms with Crippen molar-refractivity contribution in [3.05, 3.63) is 0 Å². The van der Waals surface area contributed by atoms with E-state index in [0.717, 1.165) is 0 Å². The van der Waals surface area contributed by atoms with Crippen LogP contribution in [0.3, 0.4) is 0 Å². The number of unbranched alkanes of at least 4 members (excludes halogenated alkanes) is 1. The van der Waals surface area contributed by atoms with Gasteiger partial charge < -0.3 is 5.32 Å². The quantitative estimate of drug-likeness (QED) is 0.468. The minimum atomic E-state index is -7.26. The van der Waals surface area contributed by atoms with Gasteiger partial charge in [-0.15, -0.1) is 0 Å². The average molecular weight is 415 g/mol. The van der Waals surface area contributed by atoms with Crippen molar-refractivity contribution >= 4 is 10.1 Å². The number of halogens is 9. The van der Waals surface area contributed by atoms with Crippen LogP contribution in [0, 0.1) is 0 Å². The van der Waals surface area contributed by atoms with Crippen molar-refractivity contribution in [3.63, 3.8) is 0 Å². The molecule has 0 heterocycles. The van der Waals surface area contributed by atoms with E-state index in [1.165, 1.54) is 6.92 Å². The Kier molecular flexibility index (Phi) is 9.27. The standard InChI is InChI=1S/C9H11F9O3S.C2H7N/c1-2-3-4-5(10)6(11,12)7(13,14)8(15,16)9(17,18)22(19,20)21;1-3-2/h5H,2-4H2,1H3,(H,19,20,21);3H,1-2H3. The van der Waals surface area contributed by atoms with Crippen molar-refractivity contribution in [1.29, 1.82) is 0 Å². The van der Waals surface area contributed by atoms with Gasteiger partial charge in [-0.25, -0.2) is 4.39 Å². The van der Waals surface area contributed by atoms with Gasteiger partial charge in [0.15, 0.2) is 6.17 Å². The minimum absolute atomic E-state index is 0.0135. The fourth-order valence-electron chi connectivity index (χ4n) is 1.32. The Morgan fingerprint density at radius 3 is 1.60 bits per heavy atom. The van der Waals surface area contributed by atoms with Crippen LogP contribution in [0.25, 0.3) is 0 Å². The molecule has 0 aromatic carbocycles. The van der Waals surface area contributed by atoms with Gasteiger partial charge in [0.05, 0.1) is 0 Å². The zero-order valence-electron chi connectivity index (χ0n) is 13.3. The van der Waals surface area contributed by atoms with E-state index in [4.69, 9.17) is 4.55 Å². The van der Waals surface area contributed by atoms with Crippen LogP contribution in [0.15, 0.2) is 0 Å². The third-order valence-electron chi connectivity index (χ3n) is 2.71. The summed E-state index contributed by atoms with van der Waals surface area (Å²) >= 11 is 0. The van der Waals surface area contributed by atoms with E-state index in [0.29, 0.717) is 0 Å². The van der Waals surface area contributed by atoms with Crippen LogP contribution in [0.1, 0.15) is 26.2 Å². The maximum absolute atomic E-state index is 13.1. The molecule has 4 nitrogen and oxygen atoms in total. The molecule has 0 aliphatic rings. The van der Waals surface area contributed by atoms with Gasteiger partial charge in [-0.2, -0.15) is 43.5 Å². The Labute approximate surface area is 138 Å². The molecule has 0 bridgehead atoms. The first-order chi connectivity index (χ1) is 10.9. The lowest BCUT2D eigenvalue weighted by Gasteiger charge is -2.36. The molecular weight excluding hydrogens is 397 g/mol. The molecule has 0 saturated carbocycles. The van der Waals surface area contributed by atoms with Gasteiger partial charge in [0, 0.05) is 0 Å². The van der Waals surface area contributed by atoms with Crippen LogP contribution in [-0.2, 0) is 10.1 Å². The molecule has 0 aliphatic heterocycles. The van der Waals surface area contributed by atoms with Crippen molar-refractivity contribution in [2.45, 2.75) is 55.4 Å². The summed E-state index contributed by atoms with van der Waals surface area (Å²) in [5.74, 6) is -20.6. The molecule has 0 aromatic rings. The summed E-state index contributed by atoms with van der Waals surface area (Å²) in [7, 11) is -3.42. The van der Waals surface area contributed by atoms with Crippen LogP contribution >= 0.6 is 0 Å². The molecule has 0 rings (SSSR count). The molecule has 14 heteroatoms. The zero-order chi connectivity index (χ0) is 20.9. The van der Waals surface area contributed by atoms with Crippen LogP contribution < -0.4 is 5.32 Å². The molecule has 0 fully saturated rings. The summed E-state index contributed by atoms with van der Waals surface area (Å²) in [6.07, 6.45) is -5.69. The number of hydrogen-bond donors (Lipinski definition) is 2. The predicted octanol–water partition coefficient (Wildman–Crippen LogP) is 3.74. The lowest BCUT2D eigenvalue weighted by molar-refractivity contribution is -0.359. The van der Waals surface area contributed by atoms with Crippen LogP contribution in [0.4, 0.5) is 39.5 Å². The van der Waals surface area contributed by atoms with Gasteiger partial charge in [-0.05, 0) is 20.5 Å². The first-order valence-electron chi connectivity index (χ1n) is 6.60. The van der Waals surface area contributed by atoms with Crippen LogP contribution in [0.5, 0.6) is 0 Å². The molecule has 2 N–H and O–H groups in total. The van der Waals surface area contributed by atoms with Crippen molar-refractivity contribution < 1.29 is 52.5 Å². The van der Waals surface area contributed by atoms with Crippen molar-refractivity contribution in [2.75, 3.05) is 14.1 Å². The van der Waals surface area contributed by atoms with Crippen molar-refractivity contribution in [2.24, 2.45) is 0 Å². The third kappa shape index (κ3) is 5.12. The summed E-state index contributed by atoms with van der Waals surface area (Å²) < 4.78 is 145. The molecular formula is C11H18F9NO3S. The monoisotopic (exact) mass is 415 g/mol. The van der Waals surface area contributed by atoms with Crippen molar-refractivity contribution in [3.8, 4) is 0 Å². The summed E-state index contributed by atoms with van der Waals surface area (Å²) in [6.45, 7) is 1.32. The highest BCUT2D eigenvalue weighted by molar-refractivity contribution is 7.87. The summed E-state index contributed by atoms with van der Waals surface area (Å²) in [5, 5.41) is -4.20. The smallest absolute Gasteiger partial charge is 0.323 e. The number of rotatable bonds is 8. The Morgan fingerprint density at radius 1 is 0.960 bits per heavy atom. The van der Waals surface area contributed by atoms with Crippen LogP contribution in [-0.4, -0.2) is 56.3 Å². The van der Waals surface area contributed by atoms with E-state index in [1.54, 1.807) is 0 Å². The van der Waals surface area contributed by atoms with Gasteiger partial charge in [-0.1, -0.05) is 19.8 Å². The van der Waals surface area contributed by atoms with Gasteiger partial charge >= 0.3 is 33.1 Å². The van der Waals surface area contributed by atoms with Crippen molar-refractivity contribution in [1.82, 2.24) is 5.32 Å². The first-order valence-corrected chi connectivity index (χ1v) is 8.04. The molecule has 0 aromatic heterocycles. The predicted molar refractivity (Wildman–Crippen MR) is 70.7 cm³/mol. The largest absolute Gasteiger partial charge is 0.438 e. The number of hydrogen-bond acceptors (Lipinski definition) is 3. The van der Waals surface area contributed by atoms with Gasteiger partial charge in [0.2, 0.25) is 0 Å². The molecule has 1 atom stereocenters. The van der Waals surface area contributed by atoms with E-state index >= 15 is 0 Å². The highest BCUT2D eigenvalue weighted by Crippen LogP contribution is 2.55. The molecule has 0 radical (unpaired) electrons. The summed E-state index contributed by atoms with van der Waals surface area (Å²) in [4.78, 5) is 0. The Bertz CT molecular complexity index is 511. The fraction of sp³-hybridized carbons (Fsp3) is 1.00. The molecule has 25 heavy (non-hydrogen) atoms. The Hall–Kier alpha value is -0.760. The highest BCUT2D eigenvalue weighted by atomic mass is 32.2. The topological polar surface area (TPSA) is 66.4 Å². The fourth-order valence-corrected chi connectivity index (χ4v) is 1.77. The third-order valence-corrected chi connectivity index (χ3v) is 3.61. The van der Waals surface area contributed by atoms with E-state index in [9.17, 15) is 47.9 Å². The lowest BCUT2D eigenvalue weighted by atomic mass is 9.97. The molecule has 0 saturated heterocycles. The molecule has 0 aliphatic carbocycles. The summed E-state index contributed by atoms with van der Waals surface area (Å²) in [5.41, 5.74) is 0. The van der Waals surface area contributed by atoms with Gasteiger partial charge in [0.25, 0.3) is 0 Å². The minimum Gasteiger partial charge on any atom is -0.323 e. The molecule has 1 unspecified atom stereocenters. The second kappa shape index (κ2) is 8.75. The Morgan fingerprint density at radius 2 is 1.32 bits per heavy atom. The van der Waals surface area contributed by atoms with Gasteiger partial charge in [-0.3, -0.25) is 4.55 Å². The van der Waals surface area contributed by atoms with E-state index in [1.807, 2.05) is 14.1 Å². The highest BCUT2D eigenvalue weighted by Gasteiger charge is 2.85. The van der Waals surface area contributed by atoms with Crippen LogP contribution in [0.2, 0.25) is 0 Å². The SMILES string of the molecule is CCCCC(F)C(F)(F)C(F)(F)C(F)(F)C(F)(F)S(=O)(=O)O.CNC. The molecule has 0 spiro atoms. The first kappa shape index (κ1) is 26.5. The van der Waals surface area contributed by atoms with E-state index in [2.05, 4.69) is 5.32 Å². The average Bonchev–Trinajstić information content (AvgIpc) is 2.43. The second-order valence-electron chi connectivity index (χ2n) is 4.87. The van der Waals surface area contributed by atoms with Gasteiger partial charge in [0.1, 0.15) is 0 Å². The van der Waals surface area contributed by atoms with E-state index in [-0.39, 0.29) is 6.42 Å². The summed E-state index contributed by atoms with van der Waals surface area (Å²) in [6, 6.07) is 0. The Balaban J connectivity index is 0. The molecule has 154 valence electrons. The normalized spacial score (nSPS) is 15.4. The molecule has 0 amide bonds. The number of nitrogens with one attached hydrogen (secondary N) is 1.